The number of aliphatic hydroxyl groups excluding tert-OH is 1. The van der Waals surface area contributed by atoms with Gasteiger partial charge in [0.1, 0.15) is 12.1 Å². The molecule has 2 aliphatic rings. The lowest BCUT2D eigenvalue weighted by Gasteiger charge is -2.35. The number of anilines is 1. The molecule has 0 amide bonds. The van der Waals surface area contributed by atoms with Crippen LogP contribution in [0.5, 0.6) is 0 Å². The van der Waals surface area contributed by atoms with Crippen LogP contribution >= 0.6 is 0 Å². The molecule has 5 rings (SSSR count). The predicted octanol–water partition coefficient (Wildman–Crippen LogP) is 2.29. The highest BCUT2D eigenvalue weighted by Gasteiger charge is 2.43. The van der Waals surface area contributed by atoms with Crippen LogP contribution in [0.15, 0.2) is 31.1 Å². The zero-order chi connectivity index (χ0) is 18.5. The molecule has 0 radical (unpaired) electrons. The summed E-state index contributed by atoms with van der Waals surface area (Å²) in [7, 11) is 0. The Balaban J connectivity index is 1.45. The first-order valence-corrected chi connectivity index (χ1v) is 9.59. The standard InChI is InChI=1S/C20H24N6O/c1-12-5-13(2)24-19-18(12)20(23-10-22-19)26-8-14-6-16(25-4-3-21-11-25)17(27)7-15(14)9-26/h3-5,10-11,14-17,27H,6-9H2,1-2H3/t14-,15+,16-,17-/m1/s1. The average molecular weight is 364 g/mol. The molecule has 0 bridgehead atoms. The molecule has 3 aromatic heterocycles. The van der Waals surface area contributed by atoms with E-state index in [0.29, 0.717) is 11.8 Å². The number of rotatable bonds is 2. The second-order valence-electron chi connectivity index (χ2n) is 8.02. The van der Waals surface area contributed by atoms with E-state index in [1.807, 2.05) is 19.4 Å². The molecular weight excluding hydrogens is 340 g/mol. The predicted molar refractivity (Wildman–Crippen MR) is 103 cm³/mol. The van der Waals surface area contributed by atoms with Gasteiger partial charge in [-0.15, -0.1) is 0 Å². The molecule has 1 saturated carbocycles. The smallest absolute Gasteiger partial charge is 0.165 e. The van der Waals surface area contributed by atoms with E-state index in [1.54, 1.807) is 12.5 Å². The van der Waals surface area contributed by atoms with Gasteiger partial charge in [0.15, 0.2) is 5.65 Å². The van der Waals surface area contributed by atoms with Crippen molar-refractivity contribution in [1.82, 2.24) is 24.5 Å². The van der Waals surface area contributed by atoms with Crippen LogP contribution in [0.3, 0.4) is 0 Å². The van der Waals surface area contributed by atoms with E-state index in [0.717, 1.165) is 48.5 Å². The molecule has 1 aliphatic heterocycles. The number of hydrogen-bond acceptors (Lipinski definition) is 6. The normalized spacial score (nSPS) is 27.9. The van der Waals surface area contributed by atoms with Crippen LogP contribution in [0.25, 0.3) is 11.0 Å². The molecule has 0 unspecified atom stereocenters. The quantitative estimate of drug-likeness (QED) is 0.751. The zero-order valence-electron chi connectivity index (χ0n) is 15.7. The first-order chi connectivity index (χ1) is 13.1. The third-order valence-corrected chi connectivity index (χ3v) is 6.23. The van der Waals surface area contributed by atoms with Gasteiger partial charge in [-0.25, -0.2) is 19.9 Å². The SMILES string of the molecule is Cc1cc(C)c2c(N3C[C@H]4C[C@@H](n5ccnc5)[C@H](O)C[C@H]4C3)ncnc2n1. The summed E-state index contributed by atoms with van der Waals surface area (Å²) in [5.41, 5.74) is 2.91. The Labute approximate surface area is 158 Å². The fourth-order valence-electron chi connectivity index (χ4n) is 5.00. The van der Waals surface area contributed by atoms with E-state index >= 15 is 0 Å². The van der Waals surface area contributed by atoms with Crippen LogP contribution in [0.4, 0.5) is 5.82 Å². The average Bonchev–Trinajstić information content (AvgIpc) is 3.29. The summed E-state index contributed by atoms with van der Waals surface area (Å²) in [5, 5.41) is 11.7. The molecular formula is C20H24N6O. The van der Waals surface area contributed by atoms with Crippen LogP contribution in [0.1, 0.15) is 30.1 Å². The molecule has 0 aromatic carbocycles. The van der Waals surface area contributed by atoms with Crippen molar-refractivity contribution in [3.05, 3.63) is 42.4 Å². The minimum atomic E-state index is -0.325. The monoisotopic (exact) mass is 364 g/mol. The number of nitrogens with zero attached hydrogens (tertiary/aromatic N) is 6. The highest BCUT2D eigenvalue weighted by Crippen LogP contribution is 2.43. The first kappa shape index (κ1) is 16.6. The van der Waals surface area contributed by atoms with Gasteiger partial charge in [-0.3, -0.25) is 0 Å². The fraction of sp³-hybridized carbons (Fsp3) is 0.500. The molecule has 1 aliphatic carbocycles. The highest BCUT2D eigenvalue weighted by molar-refractivity contribution is 5.90. The minimum absolute atomic E-state index is 0.113. The molecule has 4 atom stereocenters. The lowest BCUT2D eigenvalue weighted by atomic mass is 9.77. The zero-order valence-corrected chi connectivity index (χ0v) is 15.7. The largest absolute Gasteiger partial charge is 0.391 e. The second kappa shape index (κ2) is 6.27. The summed E-state index contributed by atoms with van der Waals surface area (Å²) in [6.07, 6.45) is 8.64. The third-order valence-electron chi connectivity index (χ3n) is 6.23. The van der Waals surface area contributed by atoms with Gasteiger partial charge < -0.3 is 14.6 Å². The van der Waals surface area contributed by atoms with E-state index in [9.17, 15) is 5.11 Å². The molecule has 3 aromatic rings. The highest BCUT2D eigenvalue weighted by atomic mass is 16.3. The molecule has 1 N–H and O–H groups in total. The number of hydrogen-bond donors (Lipinski definition) is 1. The summed E-state index contributed by atoms with van der Waals surface area (Å²) in [5.74, 6) is 2.01. The number of imidazole rings is 1. The Bertz CT molecular complexity index is 972. The number of aromatic nitrogens is 5. The number of aliphatic hydroxyl groups is 1. The Hall–Kier alpha value is -2.54. The molecule has 140 valence electrons. The molecule has 4 heterocycles. The maximum absolute atomic E-state index is 10.7. The Morgan fingerprint density at radius 2 is 1.93 bits per heavy atom. The van der Waals surface area contributed by atoms with Crippen molar-refractivity contribution in [2.24, 2.45) is 11.8 Å². The molecule has 7 nitrogen and oxygen atoms in total. The Morgan fingerprint density at radius 1 is 1.11 bits per heavy atom. The van der Waals surface area contributed by atoms with Crippen molar-refractivity contribution in [2.45, 2.75) is 38.8 Å². The Morgan fingerprint density at radius 3 is 2.70 bits per heavy atom. The summed E-state index contributed by atoms with van der Waals surface area (Å²) < 4.78 is 2.06. The van der Waals surface area contributed by atoms with Gasteiger partial charge in [0.2, 0.25) is 0 Å². The van der Waals surface area contributed by atoms with Gasteiger partial charge >= 0.3 is 0 Å². The van der Waals surface area contributed by atoms with Gasteiger partial charge in [-0.2, -0.15) is 0 Å². The number of aryl methyl sites for hydroxylation is 2. The van der Waals surface area contributed by atoms with Crippen molar-refractivity contribution < 1.29 is 5.11 Å². The van der Waals surface area contributed by atoms with Crippen LogP contribution in [-0.2, 0) is 0 Å². The summed E-state index contributed by atoms with van der Waals surface area (Å²) >= 11 is 0. The number of fused-ring (bicyclic) bond motifs is 2. The second-order valence-corrected chi connectivity index (χ2v) is 8.02. The minimum Gasteiger partial charge on any atom is -0.391 e. The summed E-state index contributed by atoms with van der Waals surface area (Å²) in [4.78, 5) is 20.1. The van der Waals surface area contributed by atoms with Crippen LogP contribution in [0, 0.1) is 25.7 Å². The van der Waals surface area contributed by atoms with Gasteiger partial charge in [-0.05, 0) is 50.2 Å². The lowest BCUT2D eigenvalue weighted by Crippen LogP contribution is -2.35. The van der Waals surface area contributed by atoms with Gasteiger partial charge in [0.25, 0.3) is 0 Å². The van der Waals surface area contributed by atoms with E-state index in [2.05, 4.69) is 42.4 Å². The van der Waals surface area contributed by atoms with Gasteiger partial charge in [-0.1, -0.05) is 0 Å². The molecule has 7 heteroatoms. The van der Waals surface area contributed by atoms with Crippen molar-refractivity contribution >= 4 is 16.9 Å². The number of pyridine rings is 1. The summed E-state index contributed by atoms with van der Waals surface area (Å²) in [6, 6.07) is 2.21. The molecule has 0 spiro atoms. The fourth-order valence-corrected chi connectivity index (χ4v) is 5.00. The first-order valence-electron chi connectivity index (χ1n) is 9.59. The van der Waals surface area contributed by atoms with Crippen molar-refractivity contribution in [3.8, 4) is 0 Å². The van der Waals surface area contributed by atoms with Gasteiger partial charge in [0.05, 0.1) is 23.9 Å². The lowest BCUT2D eigenvalue weighted by molar-refractivity contribution is 0.0358. The third kappa shape index (κ3) is 2.77. The van der Waals surface area contributed by atoms with E-state index in [4.69, 9.17) is 0 Å². The van der Waals surface area contributed by atoms with E-state index < -0.39 is 0 Å². The molecule has 1 saturated heterocycles. The maximum Gasteiger partial charge on any atom is 0.165 e. The van der Waals surface area contributed by atoms with Crippen molar-refractivity contribution in [1.29, 1.82) is 0 Å². The van der Waals surface area contributed by atoms with Crippen LogP contribution in [-0.4, -0.2) is 48.8 Å². The molecule has 2 fully saturated rings. The molecule has 27 heavy (non-hydrogen) atoms. The van der Waals surface area contributed by atoms with Crippen LogP contribution < -0.4 is 4.90 Å². The van der Waals surface area contributed by atoms with Crippen molar-refractivity contribution in [2.75, 3.05) is 18.0 Å². The van der Waals surface area contributed by atoms with E-state index in [-0.39, 0.29) is 12.1 Å². The van der Waals surface area contributed by atoms with Crippen molar-refractivity contribution in [3.63, 3.8) is 0 Å². The van der Waals surface area contributed by atoms with E-state index in [1.165, 1.54) is 5.56 Å². The van der Waals surface area contributed by atoms with Gasteiger partial charge in [0, 0.05) is 31.2 Å². The summed E-state index contributed by atoms with van der Waals surface area (Å²) in [6.45, 7) is 5.99. The maximum atomic E-state index is 10.7. The topological polar surface area (TPSA) is 80.0 Å². The van der Waals surface area contributed by atoms with Crippen LogP contribution in [0.2, 0.25) is 0 Å². The Kier molecular flexibility index (Phi) is 3.86.